The van der Waals surface area contributed by atoms with Gasteiger partial charge in [0.2, 0.25) is 0 Å². The molecule has 0 aliphatic carbocycles. The molecule has 0 bridgehead atoms. The minimum atomic E-state index is -0.259. The van der Waals surface area contributed by atoms with Crippen LogP contribution in [0.2, 0.25) is 5.02 Å². The number of halogens is 1. The van der Waals surface area contributed by atoms with Crippen LogP contribution in [0.3, 0.4) is 0 Å². The van der Waals surface area contributed by atoms with E-state index < -0.39 is 0 Å². The standard InChI is InChI=1S/C26H29ClN4O4/c1-34-24-15-19(3-9-23(24)32)17-30-11-2-12-31(14-13-30)25-10-6-21(16-28-25)29-26(33)18-35-22-7-4-20(27)5-8-22/h3-10,15-16,32H,2,11-14,17-18H2,1H3,(H,29,33). The lowest BCUT2D eigenvalue weighted by atomic mass is 10.2. The van der Waals surface area contributed by atoms with Gasteiger partial charge in [-0.05, 0) is 60.5 Å². The monoisotopic (exact) mass is 496 g/mol. The number of carbonyl (C=O) groups is 1. The Bertz CT molecular complexity index is 1130. The Morgan fingerprint density at radius 1 is 1.09 bits per heavy atom. The highest BCUT2D eigenvalue weighted by Crippen LogP contribution is 2.27. The molecule has 0 atom stereocenters. The van der Waals surface area contributed by atoms with Crippen LogP contribution in [0.4, 0.5) is 11.5 Å². The zero-order chi connectivity index (χ0) is 24.6. The van der Waals surface area contributed by atoms with E-state index in [-0.39, 0.29) is 18.3 Å². The van der Waals surface area contributed by atoms with Crippen molar-refractivity contribution in [3.05, 3.63) is 71.4 Å². The third kappa shape index (κ3) is 7.00. The SMILES string of the molecule is COc1cc(CN2CCCN(c3ccc(NC(=O)COc4ccc(Cl)cc4)cn3)CC2)ccc1O. The van der Waals surface area contributed by atoms with Crippen molar-refractivity contribution >= 4 is 29.0 Å². The molecule has 2 heterocycles. The van der Waals surface area contributed by atoms with Crippen LogP contribution in [0.5, 0.6) is 17.2 Å². The van der Waals surface area contributed by atoms with E-state index in [4.69, 9.17) is 21.1 Å². The van der Waals surface area contributed by atoms with Gasteiger partial charge in [-0.1, -0.05) is 17.7 Å². The molecular weight excluding hydrogens is 468 g/mol. The highest BCUT2D eigenvalue weighted by molar-refractivity contribution is 6.30. The predicted octanol–water partition coefficient (Wildman–Crippen LogP) is 4.18. The lowest BCUT2D eigenvalue weighted by Gasteiger charge is -2.23. The van der Waals surface area contributed by atoms with Crippen molar-refractivity contribution in [2.45, 2.75) is 13.0 Å². The fraction of sp³-hybridized carbons (Fsp3) is 0.308. The van der Waals surface area contributed by atoms with Gasteiger partial charge in [-0.3, -0.25) is 9.69 Å². The first-order valence-corrected chi connectivity index (χ1v) is 11.9. The molecule has 2 aromatic carbocycles. The molecule has 0 saturated carbocycles. The van der Waals surface area contributed by atoms with Gasteiger partial charge in [0.05, 0.1) is 19.0 Å². The highest BCUT2D eigenvalue weighted by Gasteiger charge is 2.17. The second kappa shape index (κ2) is 11.8. The molecular formula is C26H29ClN4O4. The third-order valence-electron chi connectivity index (χ3n) is 5.78. The van der Waals surface area contributed by atoms with Gasteiger partial charge in [-0.25, -0.2) is 4.98 Å². The third-order valence-corrected chi connectivity index (χ3v) is 6.03. The molecule has 0 radical (unpaired) electrons. The van der Waals surface area contributed by atoms with Crippen LogP contribution in [0, 0.1) is 0 Å². The summed E-state index contributed by atoms with van der Waals surface area (Å²) in [6.45, 7) is 4.32. The second-order valence-electron chi connectivity index (χ2n) is 8.32. The number of nitrogens with zero attached hydrogens (tertiary/aromatic N) is 3. The number of phenols is 1. The number of pyridine rings is 1. The van der Waals surface area contributed by atoms with Crippen molar-refractivity contribution < 1.29 is 19.4 Å². The van der Waals surface area contributed by atoms with E-state index in [0.717, 1.165) is 50.5 Å². The van der Waals surface area contributed by atoms with Crippen molar-refractivity contribution in [1.29, 1.82) is 0 Å². The molecule has 0 spiro atoms. The van der Waals surface area contributed by atoms with Crippen molar-refractivity contribution in [1.82, 2.24) is 9.88 Å². The molecule has 1 fully saturated rings. The zero-order valence-electron chi connectivity index (χ0n) is 19.6. The van der Waals surface area contributed by atoms with Crippen LogP contribution in [-0.4, -0.2) is 60.8 Å². The summed E-state index contributed by atoms with van der Waals surface area (Å²) in [6, 6.07) is 16.1. The number of phenolic OH excluding ortho intramolecular Hbond substituents is 1. The van der Waals surface area contributed by atoms with Crippen molar-refractivity contribution in [3.8, 4) is 17.2 Å². The second-order valence-corrected chi connectivity index (χ2v) is 8.76. The summed E-state index contributed by atoms with van der Waals surface area (Å²) in [5.41, 5.74) is 1.72. The Hall–Kier alpha value is -3.49. The van der Waals surface area contributed by atoms with E-state index in [0.29, 0.717) is 22.2 Å². The maximum Gasteiger partial charge on any atom is 0.262 e. The number of aromatic hydroxyl groups is 1. The quantitative estimate of drug-likeness (QED) is 0.483. The summed E-state index contributed by atoms with van der Waals surface area (Å²) < 4.78 is 10.7. The van der Waals surface area contributed by atoms with Crippen molar-refractivity contribution in [2.24, 2.45) is 0 Å². The fourth-order valence-corrected chi connectivity index (χ4v) is 4.09. The van der Waals surface area contributed by atoms with Gasteiger partial charge < -0.3 is 24.8 Å². The highest BCUT2D eigenvalue weighted by atomic mass is 35.5. The average Bonchev–Trinajstić information content (AvgIpc) is 3.11. The van der Waals surface area contributed by atoms with Crippen LogP contribution in [0.25, 0.3) is 0 Å². The van der Waals surface area contributed by atoms with Crippen molar-refractivity contribution in [3.63, 3.8) is 0 Å². The molecule has 9 heteroatoms. The number of aromatic nitrogens is 1. The number of rotatable bonds is 8. The lowest BCUT2D eigenvalue weighted by Crippen LogP contribution is -2.31. The first kappa shape index (κ1) is 24.6. The molecule has 2 N–H and O–H groups in total. The van der Waals surface area contributed by atoms with Gasteiger partial charge in [-0.2, -0.15) is 0 Å². The molecule has 8 nitrogen and oxygen atoms in total. The van der Waals surface area contributed by atoms with Crippen LogP contribution < -0.4 is 19.7 Å². The van der Waals surface area contributed by atoms with E-state index in [1.165, 1.54) is 0 Å². The number of hydrogen-bond donors (Lipinski definition) is 2. The number of hydrogen-bond acceptors (Lipinski definition) is 7. The van der Waals surface area contributed by atoms with Gasteiger partial charge >= 0.3 is 0 Å². The predicted molar refractivity (Wildman–Crippen MR) is 137 cm³/mol. The molecule has 184 valence electrons. The summed E-state index contributed by atoms with van der Waals surface area (Å²) >= 11 is 5.86. The van der Waals surface area contributed by atoms with Crippen LogP contribution >= 0.6 is 11.6 Å². The largest absolute Gasteiger partial charge is 0.504 e. The maximum absolute atomic E-state index is 12.2. The summed E-state index contributed by atoms with van der Waals surface area (Å²) in [6.07, 6.45) is 2.68. The Kier molecular flexibility index (Phi) is 8.28. The number of anilines is 2. The molecule has 1 saturated heterocycles. The average molecular weight is 497 g/mol. The van der Waals surface area contributed by atoms with Crippen LogP contribution in [0.1, 0.15) is 12.0 Å². The van der Waals surface area contributed by atoms with Gasteiger partial charge in [0, 0.05) is 37.7 Å². The smallest absolute Gasteiger partial charge is 0.262 e. The van der Waals surface area contributed by atoms with Gasteiger partial charge in [0.15, 0.2) is 18.1 Å². The van der Waals surface area contributed by atoms with E-state index in [1.807, 2.05) is 24.3 Å². The number of methoxy groups -OCH3 is 1. The molecule has 1 amide bonds. The summed E-state index contributed by atoms with van der Waals surface area (Å²) in [5, 5.41) is 13.2. The minimum absolute atomic E-state index is 0.0990. The summed E-state index contributed by atoms with van der Waals surface area (Å²) in [7, 11) is 1.56. The fourth-order valence-electron chi connectivity index (χ4n) is 3.96. The molecule has 35 heavy (non-hydrogen) atoms. The van der Waals surface area contributed by atoms with Crippen LogP contribution in [0.15, 0.2) is 60.8 Å². The van der Waals surface area contributed by atoms with Gasteiger partial charge in [-0.15, -0.1) is 0 Å². The summed E-state index contributed by atoms with van der Waals surface area (Å²) in [4.78, 5) is 21.4. The van der Waals surface area contributed by atoms with Crippen molar-refractivity contribution in [2.75, 3.05) is 50.1 Å². The molecule has 3 aromatic rings. The minimum Gasteiger partial charge on any atom is -0.504 e. The first-order chi connectivity index (χ1) is 17.0. The van der Waals surface area contributed by atoms with E-state index >= 15 is 0 Å². The lowest BCUT2D eigenvalue weighted by molar-refractivity contribution is -0.118. The number of nitrogens with one attached hydrogen (secondary N) is 1. The molecule has 0 unspecified atom stereocenters. The summed E-state index contributed by atoms with van der Waals surface area (Å²) in [5.74, 6) is 1.85. The normalized spacial score (nSPS) is 14.3. The Labute approximate surface area is 210 Å². The topological polar surface area (TPSA) is 87.2 Å². The Balaban J connectivity index is 1.26. The molecule has 1 aliphatic heterocycles. The number of ether oxygens (including phenoxy) is 2. The Morgan fingerprint density at radius 3 is 2.66 bits per heavy atom. The van der Waals surface area contributed by atoms with E-state index in [9.17, 15) is 9.90 Å². The first-order valence-electron chi connectivity index (χ1n) is 11.5. The zero-order valence-corrected chi connectivity index (χ0v) is 20.4. The number of benzene rings is 2. The number of amides is 1. The number of carbonyl (C=O) groups excluding carboxylic acids is 1. The van der Waals surface area contributed by atoms with E-state index in [2.05, 4.69) is 20.1 Å². The van der Waals surface area contributed by atoms with Gasteiger partial charge in [0.25, 0.3) is 5.91 Å². The van der Waals surface area contributed by atoms with Crippen LogP contribution in [-0.2, 0) is 11.3 Å². The van der Waals surface area contributed by atoms with E-state index in [1.54, 1.807) is 43.6 Å². The molecule has 4 rings (SSSR count). The Morgan fingerprint density at radius 2 is 1.91 bits per heavy atom. The molecule has 1 aromatic heterocycles. The van der Waals surface area contributed by atoms with Gasteiger partial charge in [0.1, 0.15) is 11.6 Å². The maximum atomic E-state index is 12.2. The molecule has 1 aliphatic rings.